The Morgan fingerprint density at radius 3 is 2.42 bits per heavy atom. The molecule has 0 aliphatic carbocycles. The molecular weight excluding hydrogens is 369 g/mol. The van der Waals surface area contributed by atoms with Crippen molar-refractivity contribution in [2.24, 2.45) is 0 Å². The van der Waals surface area contributed by atoms with Crippen LogP contribution in [-0.2, 0) is 4.79 Å². The third kappa shape index (κ3) is 4.06. The zero-order valence-corrected chi connectivity index (χ0v) is 16.5. The van der Waals surface area contributed by atoms with Crippen LogP contribution in [0, 0.1) is 13.8 Å². The summed E-state index contributed by atoms with van der Waals surface area (Å²) < 4.78 is 0. The molecule has 1 aliphatic heterocycles. The van der Waals surface area contributed by atoms with E-state index in [1.165, 1.54) is 0 Å². The number of carbonyl (C=O) groups is 1. The number of rotatable bonds is 4. The number of benzene rings is 2. The molecule has 138 valence electrons. The van der Waals surface area contributed by atoms with Crippen molar-refractivity contribution in [1.29, 1.82) is 0 Å². The number of likely N-dealkylation sites (tertiary alicyclic amines) is 1. The van der Waals surface area contributed by atoms with Gasteiger partial charge in [-0.2, -0.15) is 0 Å². The van der Waals surface area contributed by atoms with Crippen LogP contribution in [0.4, 0.5) is 0 Å². The number of carboxylic acid groups (broad SMARTS) is 1. The Labute approximate surface area is 164 Å². The van der Waals surface area contributed by atoms with Crippen molar-refractivity contribution in [2.45, 2.75) is 45.2 Å². The number of nitrogens with zero attached hydrogens (tertiary/aromatic N) is 1. The molecular formula is C21H23Cl2NO2. The summed E-state index contributed by atoms with van der Waals surface area (Å²) in [5.41, 5.74) is 4.27. The van der Waals surface area contributed by atoms with Crippen LogP contribution in [0.1, 0.15) is 47.6 Å². The molecule has 1 N–H and O–H groups in total. The van der Waals surface area contributed by atoms with E-state index in [-0.39, 0.29) is 6.04 Å². The lowest BCUT2D eigenvalue weighted by atomic mass is 9.90. The van der Waals surface area contributed by atoms with Crippen LogP contribution in [0.3, 0.4) is 0 Å². The third-order valence-electron chi connectivity index (χ3n) is 4.98. The van der Waals surface area contributed by atoms with Crippen LogP contribution in [0.25, 0.3) is 0 Å². The highest BCUT2D eigenvalue weighted by Gasteiger charge is 2.36. The molecule has 2 aromatic rings. The van der Waals surface area contributed by atoms with Gasteiger partial charge in [-0.15, -0.1) is 0 Å². The van der Waals surface area contributed by atoms with Crippen molar-refractivity contribution >= 4 is 29.2 Å². The second-order valence-electron chi connectivity index (χ2n) is 7.08. The summed E-state index contributed by atoms with van der Waals surface area (Å²) in [5.74, 6) is -0.774. The average molecular weight is 392 g/mol. The van der Waals surface area contributed by atoms with Gasteiger partial charge in [-0.3, -0.25) is 9.69 Å². The molecule has 0 radical (unpaired) electrons. The number of hydrogen-bond donors (Lipinski definition) is 1. The standard InChI is InChI=1S/C21H23Cl2NO2/c1-13-9-14(2)11-15(10-13)20(17-7-6-16(22)12-18(17)23)24-8-4-3-5-19(24)21(25)26/h6-7,9-12,19-20H,3-5,8H2,1-2H3,(H,25,26). The van der Waals surface area contributed by atoms with E-state index in [1.54, 1.807) is 6.07 Å². The summed E-state index contributed by atoms with van der Waals surface area (Å²) in [6.45, 7) is 4.84. The second-order valence-corrected chi connectivity index (χ2v) is 7.92. The Balaban J connectivity index is 2.16. The van der Waals surface area contributed by atoms with Gasteiger partial charge in [-0.1, -0.05) is 65.0 Å². The van der Waals surface area contributed by atoms with E-state index < -0.39 is 12.0 Å². The first-order valence-electron chi connectivity index (χ1n) is 8.88. The minimum atomic E-state index is -0.774. The van der Waals surface area contributed by atoms with Gasteiger partial charge in [0.2, 0.25) is 0 Å². The van der Waals surface area contributed by atoms with Gasteiger partial charge in [0.05, 0.1) is 6.04 Å². The number of halogens is 2. The van der Waals surface area contributed by atoms with Gasteiger partial charge in [0, 0.05) is 10.0 Å². The summed E-state index contributed by atoms with van der Waals surface area (Å²) in [6, 6.07) is 11.1. The quantitative estimate of drug-likeness (QED) is 0.732. The van der Waals surface area contributed by atoms with Gasteiger partial charge in [0.1, 0.15) is 6.04 Å². The molecule has 3 rings (SSSR count). The molecule has 1 aliphatic rings. The van der Waals surface area contributed by atoms with Gasteiger partial charge < -0.3 is 5.11 Å². The third-order valence-corrected chi connectivity index (χ3v) is 5.54. The van der Waals surface area contributed by atoms with Gasteiger partial charge >= 0.3 is 5.97 Å². The first-order chi connectivity index (χ1) is 12.4. The van der Waals surface area contributed by atoms with Crippen LogP contribution in [0.2, 0.25) is 10.0 Å². The molecule has 2 atom stereocenters. The van der Waals surface area contributed by atoms with Gasteiger partial charge in [0.25, 0.3) is 0 Å². The van der Waals surface area contributed by atoms with Crippen LogP contribution in [0.5, 0.6) is 0 Å². The predicted octanol–water partition coefficient (Wildman–Crippen LogP) is 5.64. The monoisotopic (exact) mass is 391 g/mol. The fourth-order valence-corrected chi connectivity index (χ4v) is 4.48. The molecule has 0 bridgehead atoms. The summed E-state index contributed by atoms with van der Waals surface area (Å²) in [6.07, 6.45) is 2.57. The Hall–Kier alpha value is -1.55. The van der Waals surface area contributed by atoms with Crippen molar-refractivity contribution in [1.82, 2.24) is 4.90 Å². The molecule has 26 heavy (non-hydrogen) atoms. The lowest BCUT2D eigenvalue weighted by Gasteiger charge is -2.40. The predicted molar refractivity (Wildman–Crippen MR) is 106 cm³/mol. The van der Waals surface area contributed by atoms with Crippen LogP contribution >= 0.6 is 23.2 Å². The van der Waals surface area contributed by atoms with Gasteiger partial charge in [-0.05, 0) is 56.5 Å². The Morgan fingerprint density at radius 2 is 1.81 bits per heavy atom. The topological polar surface area (TPSA) is 40.5 Å². The maximum absolute atomic E-state index is 11.9. The Kier molecular flexibility index (Phi) is 5.91. The first-order valence-corrected chi connectivity index (χ1v) is 9.64. The number of aliphatic carboxylic acids is 1. The number of aryl methyl sites for hydroxylation is 2. The highest BCUT2D eigenvalue weighted by Crippen LogP contribution is 2.38. The molecule has 2 aromatic carbocycles. The van der Waals surface area contributed by atoms with E-state index in [0.29, 0.717) is 16.5 Å². The zero-order valence-electron chi connectivity index (χ0n) is 15.0. The van der Waals surface area contributed by atoms with Crippen LogP contribution < -0.4 is 0 Å². The number of piperidine rings is 1. The Morgan fingerprint density at radius 1 is 1.12 bits per heavy atom. The molecule has 5 heteroatoms. The second kappa shape index (κ2) is 7.99. The van der Waals surface area contributed by atoms with E-state index in [9.17, 15) is 9.90 Å². The molecule has 3 nitrogen and oxygen atoms in total. The minimum Gasteiger partial charge on any atom is -0.480 e. The van der Waals surface area contributed by atoms with Crippen molar-refractivity contribution in [3.8, 4) is 0 Å². The smallest absolute Gasteiger partial charge is 0.320 e. The molecule has 0 aromatic heterocycles. The fourth-order valence-electron chi connectivity index (χ4n) is 3.97. The van der Waals surface area contributed by atoms with Crippen molar-refractivity contribution in [3.63, 3.8) is 0 Å². The van der Waals surface area contributed by atoms with Crippen molar-refractivity contribution < 1.29 is 9.90 Å². The van der Waals surface area contributed by atoms with E-state index in [4.69, 9.17) is 23.2 Å². The molecule has 1 saturated heterocycles. The molecule has 0 amide bonds. The largest absolute Gasteiger partial charge is 0.480 e. The maximum Gasteiger partial charge on any atom is 0.320 e. The molecule has 0 spiro atoms. The lowest BCUT2D eigenvalue weighted by molar-refractivity contribution is -0.145. The highest BCUT2D eigenvalue weighted by atomic mass is 35.5. The van der Waals surface area contributed by atoms with Crippen molar-refractivity contribution in [3.05, 3.63) is 68.7 Å². The van der Waals surface area contributed by atoms with Crippen LogP contribution in [0.15, 0.2) is 36.4 Å². The maximum atomic E-state index is 11.9. The van der Waals surface area contributed by atoms with Gasteiger partial charge in [0.15, 0.2) is 0 Å². The molecule has 1 heterocycles. The SMILES string of the molecule is Cc1cc(C)cc(C(c2ccc(Cl)cc2Cl)N2CCCCC2C(=O)O)c1. The molecule has 2 unspecified atom stereocenters. The number of hydrogen-bond acceptors (Lipinski definition) is 2. The summed E-state index contributed by atoms with van der Waals surface area (Å²) in [4.78, 5) is 14.0. The number of carboxylic acids is 1. The molecule has 1 fully saturated rings. The fraction of sp³-hybridized carbons (Fsp3) is 0.381. The highest BCUT2D eigenvalue weighted by molar-refractivity contribution is 6.35. The van der Waals surface area contributed by atoms with E-state index in [2.05, 4.69) is 36.9 Å². The first kappa shape index (κ1) is 19.2. The Bertz CT molecular complexity index is 801. The summed E-state index contributed by atoms with van der Waals surface area (Å²) in [7, 11) is 0. The van der Waals surface area contributed by atoms with Crippen LogP contribution in [-0.4, -0.2) is 28.6 Å². The summed E-state index contributed by atoms with van der Waals surface area (Å²) in [5, 5.41) is 10.9. The van der Waals surface area contributed by atoms with Gasteiger partial charge in [-0.25, -0.2) is 0 Å². The van der Waals surface area contributed by atoms with E-state index in [0.717, 1.165) is 41.6 Å². The van der Waals surface area contributed by atoms with E-state index in [1.807, 2.05) is 12.1 Å². The average Bonchev–Trinajstić information content (AvgIpc) is 2.56. The van der Waals surface area contributed by atoms with E-state index >= 15 is 0 Å². The minimum absolute atomic E-state index is 0.209. The normalized spacial score (nSPS) is 19.3. The zero-order chi connectivity index (χ0) is 18.8. The molecule has 0 saturated carbocycles. The van der Waals surface area contributed by atoms with Crippen molar-refractivity contribution in [2.75, 3.05) is 6.54 Å². The summed E-state index contributed by atoms with van der Waals surface area (Å²) >= 11 is 12.6. The lowest BCUT2D eigenvalue weighted by Crippen LogP contribution is -2.47.